The maximum Gasteiger partial charge on any atom is 0.266 e. The third-order valence-electron chi connectivity index (χ3n) is 3.85. The predicted octanol–water partition coefficient (Wildman–Crippen LogP) is 2.68. The van der Waals surface area contributed by atoms with Crippen molar-refractivity contribution in [3.8, 4) is 11.3 Å². The lowest BCUT2D eigenvalue weighted by atomic mass is 10.1. The van der Waals surface area contributed by atoms with Crippen LogP contribution in [-0.2, 0) is 22.3 Å². The molecule has 3 rings (SSSR count). The zero-order chi connectivity index (χ0) is 19.3. The van der Waals surface area contributed by atoms with Crippen LogP contribution in [0.1, 0.15) is 5.56 Å². The molecule has 0 saturated heterocycles. The zero-order valence-electron chi connectivity index (χ0n) is 14.4. The average molecular weight is 404 g/mol. The Hall–Kier alpha value is -2.48. The number of hydrogen-bond acceptors (Lipinski definition) is 4. The van der Waals surface area contributed by atoms with Gasteiger partial charge in [0.25, 0.3) is 5.56 Å². The number of nitrogens with zero attached hydrogens (tertiary/aromatic N) is 2. The summed E-state index contributed by atoms with van der Waals surface area (Å²) in [5.41, 5.74) is 1.83. The van der Waals surface area contributed by atoms with Crippen molar-refractivity contribution in [3.05, 3.63) is 87.7 Å². The van der Waals surface area contributed by atoms with Gasteiger partial charge in [-0.25, -0.2) is 17.8 Å². The summed E-state index contributed by atoms with van der Waals surface area (Å²) < 4.78 is 28.1. The first-order valence-electron chi connectivity index (χ1n) is 8.28. The second-order valence-electron chi connectivity index (χ2n) is 5.93. The molecule has 1 N–H and O–H groups in total. The van der Waals surface area contributed by atoms with Crippen molar-refractivity contribution in [1.29, 1.82) is 0 Å². The second kappa shape index (κ2) is 8.47. The summed E-state index contributed by atoms with van der Waals surface area (Å²) in [6, 6.07) is 19.0. The summed E-state index contributed by atoms with van der Waals surface area (Å²) in [6.45, 7) is 0.209. The number of hydrogen-bond donors (Lipinski definition) is 1. The van der Waals surface area contributed by atoms with Gasteiger partial charge in [0.1, 0.15) is 0 Å². The molecule has 6 nitrogen and oxygen atoms in total. The molecule has 0 radical (unpaired) electrons. The highest BCUT2D eigenvalue weighted by Crippen LogP contribution is 2.18. The van der Waals surface area contributed by atoms with E-state index in [1.165, 1.54) is 10.7 Å². The Labute approximate surface area is 162 Å². The van der Waals surface area contributed by atoms with Crippen LogP contribution in [0.3, 0.4) is 0 Å². The van der Waals surface area contributed by atoms with Gasteiger partial charge in [0.15, 0.2) is 0 Å². The van der Waals surface area contributed by atoms with E-state index in [1.807, 2.05) is 18.2 Å². The highest BCUT2D eigenvalue weighted by atomic mass is 35.5. The van der Waals surface area contributed by atoms with Crippen LogP contribution in [0, 0.1) is 0 Å². The smallest absolute Gasteiger partial charge is 0.266 e. The summed E-state index contributed by atoms with van der Waals surface area (Å²) in [5, 5.41) is 4.91. The molecule has 0 saturated carbocycles. The van der Waals surface area contributed by atoms with Crippen molar-refractivity contribution in [2.24, 2.45) is 0 Å². The van der Waals surface area contributed by atoms with Crippen molar-refractivity contribution in [2.45, 2.75) is 12.3 Å². The third kappa shape index (κ3) is 5.50. The largest absolute Gasteiger partial charge is 0.268 e. The van der Waals surface area contributed by atoms with Gasteiger partial charge >= 0.3 is 0 Å². The molecule has 1 heterocycles. The van der Waals surface area contributed by atoms with E-state index in [1.54, 1.807) is 42.5 Å². The zero-order valence-corrected chi connectivity index (χ0v) is 15.9. The molecule has 27 heavy (non-hydrogen) atoms. The third-order valence-corrected chi connectivity index (χ3v) is 5.46. The molecule has 1 aromatic heterocycles. The Bertz CT molecular complexity index is 1070. The van der Waals surface area contributed by atoms with Crippen molar-refractivity contribution < 1.29 is 8.42 Å². The molecule has 0 atom stereocenters. The molecule has 0 bridgehead atoms. The molecule has 0 aliphatic heterocycles. The fourth-order valence-electron chi connectivity index (χ4n) is 2.54. The van der Waals surface area contributed by atoms with Crippen LogP contribution in [0.2, 0.25) is 5.02 Å². The topological polar surface area (TPSA) is 81.1 Å². The molecule has 0 unspecified atom stereocenters. The summed E-state index contributed by atoms with van der Waals surface area (Å²) in [7, 11) is -3.49. The minimum absolute atomic E-state index is 0.0755. The minimum Gasteiger partial charge on any atom is -0.268 e. The average Bonchev–Trinajstić information content (AvgIpc) is 2.64. The van der Waals surface area contributed by atoms with E-state index in [0.717, 1.165) is 5.56 Å². The first-order chi connectivity index (χ1) is 12.9. The fraction of sp³-hybridized carbons (Fsp3) is 0.158. The second-order valence-corrected chi connectivity index (χ2v) is 8.17. The van der Waals surface area contributed by atoms with E-state index in [2.05, 4.69) is 9.82 Å². The van der Waals surface area contributed by atoms with Crippen LogP contribution in [0.5, 0.6) is 0 Å². The fourth-order valence-corrected chi connectivity index (χ4v) is 3.80. The summed E-state index contributed by atoms with van der Waals surface area (Å²) in [5.74, 6) is -0.110. The van der Waals surface area contributed by atoms with Crippen LogP contribution in [0.25, 0.3) is 11.3 Å². The first kappa shape index (κ1) is 19.3. The van der Waals surface area contributed by atoms with Gasteiger partial charge in [-0.05, 0) is 23.8 Å². The number of rotatable bonds is 7. The highest BCUT2D eigenvalue weighted by Gasteiger charge is 2.11. The van der Waals surface area contributed by atoms with Crippen LogP contribution < -0.4 is 10.3 Å². The first-order valence-corrected chi connectivity index (χ1v) is 10.3. The molecule has 0 spiro atoms. The van der Waals surface area contributed by atoms with Gasteiger partial charge in [0, 0.05) is 23.2 Å². The Kier molecular flexibility index (Phi) is 6.05. The van der Waals surface area contributed by atoms with Crippen LogP contribution >= 0.6 is 11.6 Å². The lowest BCUT2D eigenvalue weighted by molar-refractivity contribution is 0.548. The van der Waals surface area contributed by atoms with Crippen molar-refractivity contribution in [2.75, 3.05) is 6.54 Å². The SMILES string of the molecule is O=c1ccc(-c2ccc(Cl)cc2)nn1CCNS(=O)(=O)Cc1ccccc1. The van der Waals surface area contributed by atoms with Crippen LogP contribution in [0.4, 0.5) is 0 Å². The lowest BCUT2D eigenvalue weighted by Crippen LogP contribution is -2.32. The molecule has 2 aromatic carbocycles. The number of benzene rings is 2. The van der Waals surface area contributed by atoms with Gasteiger partial charge in [-0.3, -0.25) is 4.79 Å². The lowest BCUT2D eigenvalue weighted by Gasteiger charge is -2.09. The number of halogens is 1. The molecular formula is C19H18ClN3O3S. The van der Waals surface area contributed by atoms with Crippen LogP contribution in [0.15, 0.2) is 71.5 Å². The van der Waals surface area contributed by atoms with E-state index in [0.29, 0.717) is 16.3 Å². The molecule has 0 aliphatic carbocycles. The Morgan fingerprint density at radius 2 is 1.67 bits per heavy atom. The molecular weight excluding hydrogens is 386 g/mol. The van der Waals surface area contributed by atoms with Gasteiger partial charge in [-0.2, -0.15) is 5.10 Å². The minimum atomic E-state index is -3.49. The number of nitrogens with one attached hydrogen (secondary N) is 1. The summed E-state index contributed by atoms with van der Waals surface area (Å²) >= 11 is 5.88. The van der Waals surface area contributed by atoms with Crippen LogP contribution in [-0.4, -0.2) is 24.7 Å². The highest BCUT2D eigenvalue weighted by molar-refractivity contribution is 7.88. The van der Waals surface area contributed by atoms with E-state index in [-0.39, 0.29) is 24.4 Å². The molecule has 3 aromatic rings. The summed E-state index contributed by atoms with van der Waals surface area (Å²) in [4.78, 5) is 12.0. The molecule has 0 amide bonds. The van der Waals surface area contributed by atoms with E-state index < -0.39 is 10.0 Å². The summed E-state index contributed by atoms with van der Waals surface area (Å²) in [6.07, 6.45) is 0. The van der Waals surface area contributed by atoms with Crippen molar-refractivity contribution in [3.63, 3.8) is 0 Å². The maximum atomic E-state index is 12.2. The Morgan fingerprint density at radius 3 is 2.37 bits per heavy atom. The standard InChI is InChI=1S/C19H18ClN3O3S/c20-17-8-6-16(7-9-17)18-10-11-19(24)23(22-18)13-12-21-27(25,26)14-15-4-2-1-3-5-15/h1-11,21H,12-14H2. The molecule has 0 fully saturated rings. The van der Waals surface area contributed by atoms with Crippen molar-refractivity contribution in [1.82, 2.24) is 14.5 Å². The quantitative estimate of drug-likeness (QED) is 0.657. The van der Waals surface area contributed by atoms with Gasteiger partial charge in [-0.1, -0.05) is 54.1 Å². The molecule has 0 aliphatic rings. The number of sulfonamides is 1. The Balaban J connectivity index is 1.66. The molecule has 8 heteroatoms. The van der Waals surface area contributed by atoms with Crippen molar-refractivity contribution >= 4 is 21.6 Å². The molecule has 140 valence electrons. The normalized spacial score (nSPS) is 11.4. The predicted molar refractivity (Wildman–Crippen MR) is 106 cm³/mol. The Morgan fingerprint density at radius 1 is 0.963 bits per heavy atom. The van der Waals surface area contributed by atoms with E-state index in [4.69, 9.17) is 11.6 Å². The van der Waals surface area contributed by atoms with Gasteiger partial charge in [-0.15, -0.1) is 0 Å². The van der Waals surface area contributed by atoms with E-state index in [9.17, 15) is 13.2 Å². The van der Waals surface area contributed by atoms with Gasteiger partial charge in [0.2, 0.25) is 10.0 Å². The monoisotopic (exact) mass is 403 g/mol. The number of aromatic nitrogens is 2. The van der Waals surface area contributed by atoms with E-state index >= 15 is 0 Å². The van der Waals surface area contributed by atoms with Gasteiger partial charge < -0.3 is 0 Å². The van der Waals surface area contributed by atoms with Gasteiger partial charge in [0.05, 0.1) is 18.0 Å². The maximum absolute atomic E-state index is 12.2.